The minimum atomic E-state index is -2.78. The van der Waals surface area contributed by atoms with Gasteiger partial charge in [0.05, 0.1) is 18.2 Å². The molecule has 0 unspecified atom stereocenters. The van der Waals surface area contributed by atoms with Crippen LogP contribution in [0.2, 0.25) is 0 Å². The number of hydrogen-bond acceptors (Lipinski definition) is 4. The highest BCUT2D eigenvalue weighted by atomic mass is 19.3. The number of rotatable bonds is 4. The maximum absolute atomic E-state index is 13.0. The molecule has 1 aliphatic carbocycles. The molecule has 1 heterocycles. The van der Waals surface area contributed by atoms with Crippen LogP contribution in [0, 0.1) is 0 Å². The van der Waals surface area contributed by atoms with Crippen molar-refractivity contribution < 1.29 is 28.2 Å². The molecule has 1 fully saturated rings. The van der Waals surface area contributed by atoms with E-state index in [0.717, 1.165) is 17.9 Å². The molecule has 1 aromatic rings. The Morgan fingerprint density at radius 1 is 1.40 bits per heavy atom. The molecular weight excluding hydrogens is 276 g/mol. The van der Waals surface area contributed by atoms with Gasteiger partial charge in [0.1, 0.15) is 5.54 Å². The molecule has 108 valence electrons. The topological polar surface area (TPSA) is 85.6 Å². The van der Waals surface area contributed by atoms with E-state index >= 15 is 0 Å². The van der Waals surface area contributed by atoms with Crippen molar-refractivity contribution in [1.82, 2.24) is 4.57 Å². The lowest BCUT2D eigenvalue weighted by Crippen LogP contribution is -2.36. The maximum Gasteiger partial charge on any atom is 0.340 e. The number of nitrogens with zero attached hydrogens (tertiary/aromatic N) is 1. The summed E-state index contributed by atoms with van der Waals surface area (Å²) in [5, 5.41) is 8.95. The Bertz CT molecular complexity index is 633. The molecule has 1 saturated carbocycles. The van der Waals surface area contributed by atoms with Gasteiger partial charge in [-0.2, -0.15) is 0 Å². The molecule has 0 amide bonds. The van der Waals surface area contributed by atoms with E-state index in [0.29, 0.717) is 6.07 Å². The quantitative estimate of drug-likeness (QED) is 0.838. The number of esters is 1. The van der Waals surface area contributed by atoms with Crippen molar-refractivity contribution in [3.05, 3.63) is 33.7 Å². The smallest absolute Gasteiger partial charge is 0.340 e. The zero-order chi connectivity index (χ0) is 15.1. The Morgan fingerprint density at radius 3 is 2.40 bits per heavy atom. The lowest BCUT2D eigenvalue weighted by Gasteiger charge is -2.19. The van der Waals surface area contributed by atoms with Gasteiger partial charge in [0.2, 0.25) is 0 Å². The SMILES string of the molecule is COC(=O)c1cn(C2(C(F)F)CC2)c(=O)cc1C(=O)O. The van der Waals surface area contributed by atoms with Gasteiger partial charge in [-0.05, 0) is 12.8 Å². The maximum atomic E-state index is 13.0. The Morgan fingerprint density at radius 2 is 2.00 bits per heavy atom. The molecule has 2 rings (SSSR count). The highest BCUT2D eigenvalue weighted by Crippen LogP contribution is 2.47. The third-order valence-corrected chi connectivity index (χ3v) is 3.34. The zero-order valence-electron chi connectivity index (χ0n) is 10.4. The number of hydrogen-bond donors (Lipinski definition) is 1. The number of carboxylic acids is 1. The average Bonchev–Trinajstić information content (AvgIpc) is 3.18. The molecule has 6 nitrogen and oxygen atoms in total. The minimum Gasteiger partial charge on any atom is -0.478 e. The largest absolute Gasteiger partial charge is 0.478 e. The summed E-state index contributed by atoms with van der Waals surface area (Å²) >= 11 is 0. The van der Waals surface area contributed by atoms with Crippen molar-refractivity contribution in [2.24, 2.45) is 0 Å². The Labute approximate surface area is 111 Å². The molecule has 0 aromatic carbocycles. The van der Waals surface area contributed by atoms with Crippen molar-refractivity contribution in [3.8, 4) is 0 Å². The molecule has 0 aliphatic heterocycles. The van der Waals surface area contributed by atoms with E-state index in [1.165, 1.54) is 0 Å². The fourth-order valence-electron chi connectivity index (χ4n) is 2.02. The lowest BCUT2D eigenvalue weighted by atomic mass is 10.1. The first-order valence-electron chi connectivity index (χ1n) is 5.70. The monoisotopic (exact) mass is 287 g/mol. The first-order chi connectivity index (χ1) is 9.33. The number of carbonyl (C=O) groups excluding carboxylic acids is 1. The number of carboxylic acid groups (broad SMARTS) is 1. The molecule has 0 spiro atoms. The predicted octanol–water partition coefficient (Wildman–Crippen LogP) is 1.09. The van der Waals surface area contributed by atoms with Crippen LogP contribution in [0.25, 0.3) is 0 Å². The summed E-state index contributed by atoms with van der Waals surface area (Å²) in [4.78, 5) is 34.3. The highest BCUT2D eigenvalue weighted by molar-refractivity contribution is 6.02. The number of carbonyl (C=O) groups is 2. The Hall–Kier alpha value is -2.25. The van der Waals surface area contributed by atoms with Gasteiger partial charge < -0.3 is 14.4 Å². The van der Waals surface area contributed by atoms with Crippen LogP contribution in [0.4, 0.5) is 8.78 Å². The van der Waals surface area contributed by atoms with Crippen LogP contribution in [0.5, 0.6) is 0 Å². The summed E-state index contributed by atoms with van der Waals surface area (Å²) in [6.45, 7) is 0. The molecule has 0 bridgehead atoms. The van der Waals surface area contributed by atoms with Crippen LogP contribution in [0.1, 0.15) is 33.6 Å². The number of aromatic nitrogens is 1. The third-order valence-electron chi connectivity index (χ3n) is 3.34. The third kappa shape index (κ3) is 2.06. The number of alkyl halides is 2. The van der Waals surface area contributed by atoms with Crippen LogP contribution in [0.3, 0.4) is 0 Å². The summed E-state index contributed by atoms with van der Waals surface area (Å²) < 4.78 is 31.2. The summed E-state index contributed by atoms with van der Waals surface area (Å²) in [7, 11) is 1.03. The molecule has 1 aromatic heterocycles. The van der Waals surface area contributed by atoms with E-state index in [9.17, 15) is 23.2 Å². The Balaban J connectivity index is 2.65. The van der Waals surface area contributed by atoms with Gasteiger partial charge >= 0.3 is 11.9 Å². The number of ether oxygens (including phenoxy) is 1. The van der Waals surface area contributed by atoms with Gasteiger partial charge in [-0.15, -0.1) is 0 Å². The van der Waals surface area contributed by atoms with Gasteiger partial charge in [0, 0.05) is 12.3 Å². The van der Waals surface area contributed by atoms with Crippen LogP contribution in [0.15, 0.2) is 17.1 Å². The average molecular weight is 287 g/mol. The summed E-state index contributed by atoms with van der Waals surface area (Å²) in [6, 6.07) is 0.664. The van der Waals surface area contributed by atoms with Gasteiger partial charge in [0.15, 0.2) is 0 Å². The summed E-state index contributed by atoms with van der Waals surface area (Å²) in [5.41, 5.74) is -3.51. The van der Waals surface area contributed by atoms with Crippen LogP contribution in [-0.2, 0) is 10.3 Å². The Kier molecular flexibility index (Phi) is 3.33. The first kappa shape index (κ1) is 14.2. The van der Waals surface area contributed by atoms with Crippen molar-refractivity contribution in [2.75, 3.05) is 7.11 Å². The van der Waals surface area contributed by atoms with Gasteiger partial charge in [-0.1, -0.05) is 0 Å². The normalized spacial score (nSPS) is 16.0. The fraction of sp³-hybridized carbons (Fsp3) is 0.417. The van der Waals surface area contributed by atoms with E-state index < -0.39 is 40.6 Å². The van der Waals surface area contributed by atoms with Crippen molar-refractivity contribution in [1.29, 1.82) is 0 Å². The zero-order valence-corrected chi connectivity index (χ0v) is 10.4. The minimum absolute atomic E-state index is 0.0948. The molecule has 8 heteroatoms. The molecule has 0 saturated heterocycles. The van der Waals surface area contributed by atoms with E-state index in [4.69, 9.17) is 5.11 Å². The second kappa shape index (κ2) is 4.69. The van der Waals surface area contributed by atoms with Gasteiger partial charge in [0.25, 0.3) is 12.0 Å². The summed E-state index contributed by atoms with van der Waals surface area (Å²) in [5.74, 6) is -2.50. The van der Waals surface area contributed by atoms with Gasteiger partial charge in [-0.25, -0.2) is 18.4 Å². The standard InChI is InChI=1S/C12H11F2NO5/c1-20-10(19)7-5-15(12(2-3-12)11(13)14)8(16)4-6(7)9(17)18/h4-5,11H,2-3H2,1H3,(H,17,18). The molecule has 0 atom stereocenters. The fourth-order valence-corrected chi connectivity index (χ4v) is 2.02. The number of halogens is 2. The molecule has 20 heavy (non-hydrogen) atoms. The first-order valence-corrected chi connectivity index (χ1v) is 5.70. The van der Waals surface area contributed by atoms with Crippen LogP contribution < -0.4 is 5.56 Å². The van der Waals surface area contributed by atoms with E-state index in [2.05, 4.69) is 4.74 Å². The molecule has 1 N–H and O–H groups in total. The lowest BCUT2D eigenvalue weighted by molar-refractivity contribution is 0.0562. The second-order valence-electron chi connectivity index (χ2n) is 4.51. The van der Waals surface area contributed by atoms with Crippen molar-refractivity contribution in [2.45, 2.75) is 24.8 Å². The van der Waals surface area contributed by atoms with E-state index in [-0.39, 0.29) is 12.8 Å². The molecule has 0 radical (unpaired) electrons. The highest BCUT2D eigenvalue weighted by Gasteiger charge is 2.53. The van der Waals surface area contributed by atoms with Crippen molar-refractivity contribution in [3.63, 3.8) is 0 Å². The van der Waals surface area contributed by atoms with E-state index in [1.54, 1.807) is 0 Å². The van der Waals surface area contributed by atoms with Crippen LogP contribution in [-0.4, -0.2) is 35.1 Å². The number of pyridine rings is 1. The van der Waals surface area contributed by atoms with E-state index in [1.807, 2.05) is 0 Å². The van der Waals surface area contributed by atoms with Gasteiger partial charge in [-0.3, -0.25) is 4.79 Å². The summed E-state index contributed by atoms with van der Waals surface area (Å²) in [6.07, 6.45) is -1.74. The molecular formula is C12H11F2NO5. The predicted molar refractivity (Wildman–Crippen MR) is 62.2 cm³/mol. The van der Waals surface area contributed by atoms with Crippen molar-refractivity contribution >= 4 is 11.9 Å². The number of aromatic carboxylic acids is 1. The number of methoxy groups -OCH3 is 1. The van der Waals surface area contributed by atoms with Crippen LogP contribution >= 0.6 is 0 Å². The molecule has 1 aliphatic rings. The second-order valence-corrected chi connectivity index (χ2v) is 4.51.